The minimum Gasteiger partial charge on any atom is -0.490 e. The molecule has 1 N–H and O–H groups in total. The van der Waals surface area contributed by atoms with Crippen LogP contribution in [0, 0.1) is 0 Å². The quantitative estimate of drug-likeness (QED) is 0.240. The van der Waals surface area contributed by atoms with E-state index in [0.29, 0.717) is 42.4 Å². The topological polar surface area (TPSA) is 90.9 Å². The second kappa shape index (κ2) is 13.8. The van der Waals surface area contributed by atoms with E-state index in [1.807, 2.05) is 26.8 Å². The van der Waals surface area contributed by atoms with Crippen LogP contribution in [0.1, 0.15) is 62.9 Å². The minimum atomic E-state index is -0.957. The molecule has 2 aromatic carbocycles. The van der Waals surface area contributed by atoms with Crippen LogP contribution in [0.4, 0.5) is 5.69 Å². The summed E-state index contributed by atoms with van der Waals surface area (Å²) in [5.41, 5.74) is 1.74. The third-order valence-corrected chi connectivity index (χ3v) is 4.73. The highest BCUT2D eigenvalue weighted by Crippen LogP contribution is 2.29. The maximum Gasteiger partial charge on any atom is 0.331 e. The molecular weight excluding hydrogens is 434 g/mol. The third kappa shape index (κ3) is 8.39. The molecule has 0 radical (unpaired) electrons. The summed E-state index contributed by atoms with van der Waals surface area (Å²) in [6, 6.07) is 11.9. The number of carbonyl (C=O) groups excluding carboxylic acids is 3. The van der Waals surface area contributed by atoms with Crippen molar-refractivity contribution in [2.45, 2.75) is 53.1 Å². The molecule has 7 nitrogen and oxygen atoms in total. The molecule has 0 aliphatic heterocycles. The molecule has 0 aromatic heterocycles. The number of ether oxygens (including phenoxy) is 3. The molecule has 1 unspecified atom stereocenters. The van der Waals surface area contributed by atoms with Gasteiger partial charge in [0.1, 0.15) is 0 Å². The standard InChI is InChI=1S/C27H33NO6/c1-5-8-25(29)28-22-13-11-21(12-14-22)27(31)19(4)34-26(30)16-10-20-9-15-23(33-17-6-2)24(18-20)32-7-3/h9-16,18-19H,5-8,17H2,1-4H3,(H,28,29)/b16-10+. The lowest BCUT2D eigenvalue weighted by Gasteiger charge is -2.12. The second-order valence-corrected chi connectivity index (χ2v) is 7.64. The van der Waals surface area contributed by atoms with Gasteiger partial charge in [0.15, 0.2) is 17.6 Å². The number of benzene rings is 2. The Labute approximate surface area is 201 Å². The SMILES string of the molecule is CCCOc1ccc(/C=C/C(=O)OC(C)C(=O)c2ccc(NC(=O)CCC)cc2)cc1OCC. The summed E-state index contributed by atoms with van der Waals surface area (Å²) in [6.45, 7) is 8.44. The van der Waals surface area contributed by atoms with Crippen molar-refractivity contribution in [1.82, 2.24) is 0 Å². The van der Waals surface area contributed by atoms with Crippen molar-refractivity contribution < 1.29 is 28.6 Å². The Balaban J connectivity index is 1.96. The summed E-state index contributed by atoms with van der Waals surface area (Å²) in [4.78, 5) is 36.5. The normalized spacial score (nSPS) is 11.6. The summed E-state index contributed by atoms with van der Waals surface area (Å²) in [7, 11) is 0. The molecule has 0 heterocycles. The molecule has 0 aliphatic carbocycles. The predicted octanol–water partition coefficient (Wildman–Crippen LogP) is 5.44. The maximum absolute atomic E-state index is 12.6. The van der Waals surface area contributed by atoms with Gasteiger partial charge >= 0.3 is 5.97 Å². The Kier molecular flexibility index (Phi) is 10.8. The van der Waals surface area contributed by atoms with Gasteiger partial charge in [0, 0.05) is 23.7 Å². The van der Waals surface area contributed by atoms with Gasteiger partial charge in [-0.15, -0.1) is 0 Å². The van der Waals surface area contributed by atoms with Crippen molar-refractivity contribution in [1.29, 1.82) is 0 Å². The van der Waals surface area contributed by atoms with Crippen LogP contribution in [0.15, 0.2) is 48.5 Å². The Morgan fingerprint density at radius 1 is 0.941 bits per heavy atom. The van der Waals surface area contributed by atoms with Crippen molar-refractivity contribution in [2.75, 3.05) is 18.5 Å². The number of carbonyl (C=O) groups is 3. The van der Waals surface area contributed by atoms with Crippen LogP contribution in [0.2, 0.25) is 0 Å². The fourth-order valence-electron chi connectivity index (χ4n) is 3.06. The molecule has 0 saturated carbocycles. The lowest BCUT2D eigenvalue weighted by atomic mass is 10.1. The van der Waals surface area contributed by atoms with Crippen molar-refractivity contribution >= 4 is 29.4 Å². The van der Waals surface area contributed by atoms with Crippen molar-refractivity contribution in [3.05, 3.63) is 59.7 Å². The summed E-state index contributed by atoms with van der Waals surface area (Å²) in [5.74, 6) is 0.216. The smallest absolute Gasteiger partial charge is 0.331 e. The van der Waals surface area contributed by atoms with E-state index in [0.717, 1.165) is 18.4 Å². The molecule has 1 atom stereocenters. The van der Waals surface area contributed by atoms with Crippen LogP contribution >= 0.6 is 0 Å². The highest BCUT2D eigenvalue weighted by atomic mass is 16.5. The summed E-state index contributed by atoms with van der Waals surface area (Å²) in [6.07, 6.45) is 3.99. The Hall–Kier alpha value is -3.61. The van der Waals surface area contributed by atoms with E-state index >= 15 is 0 Å². The lowest BCUT2D eigenvalue weighted by Crippen LogP contribution is -2.23. The first-order valence-electron chi connectivity index (χ1n) is 11.6. The van der Waals surface area contributed by atoms with Crippen LogP contribution in [0.25, 0.3) is 6.08 Å². The van der Waals surface area contributed by atoms with Crippen molar-refractivity contribution in [3.63, 3.8) is 0 Å². The average Bonchev–Trinajstić information content (AvgIpc) is 2.82. The number of hydrogen-bond acceptors (Lipinski definition) is 6. The molecular formula is C27H33NO6. The molecule has 0 bridgehead atoms. The van der Waals surface area contributed by atoms with Crippen LogP contribution in [-0.2, 0) is 14.3 Å². The van der Waals surface area contributed by atoms with Crippen LogP contribution in [-0.4, -0.2) is 37.0 Å². The number of rotatable bonds is 13. The molecule has 0 spiro atoms. The molecule has 7 heteroatoms. The Morgan fingerprint density at radius 3 is 2.32 bits per heavy atom. The summed E-state index contributed by atoms with van der Waals surface area (Å²) < 4.78 is 16.6. The van der Waals surface area contributed by atoms with Crippen LogP contribution < -0.4 is 14.8 Å². The van der Waals surface area contributed by atoms with Gasteiger partial charge in [-0.05, 0) is 74.7 Å². The van der Waals surface area contributed by atoms with Gasteiger partial charge in [0.25, 0.3) is 0 Å². The van der Waals surface area contributed by atoms with Gasteiger partial charge in [0.2, 0.25) is 11.7 Å². The Morgan fingerprint density at radius 2 is 1.68 bits per heavy atom. The van der Waals surface area contributed by atoms with E-state index in [4.69, 9.17) is 14.2 Å². The van der Waals surface area contributed by atoms with Gasteiger partial charge in [-0.3, -0.25) is 9.59 Å². The fourth-order valence-corrected chi connectivity index (χ4v) is 3.06. The minimum absolute atomic E-state index is 0.0767. The van der Waals surface area contributed by atoms with Gasteiger partial charge < -0.3 is 19.5 Å². The summed E-state index contributed by atoms with van der Waals surface area (Å²) in [5, 5.41) is 2.77. The third-order valence-electron chi connectivity index (χ3n) is 4.73. The first-order chi connectivity index (χ1) is 16.4. The number of nitrogens with one attached hydrogen (secondary N) is 1. The van der Waals surface area contributed by atoms with Crippen LogP contribution in [0.5, 0.6) is 11.5 Å². The van der Waals surface area contributed by atoms with Crippen molar-refractivity contribution in [2.24, 2.45) is 0 Å². The monoisotopic (exact) mass is 467 g/mol. The summed E-state index contributed by atoms with van der Waals surface area (Å²) >= 11 is 0. The van der Waals surface area contributed by atoms with E-state index in [9.17, 15) is 14.4 Å². The van der Waals surface area contributed by atoms with Crippen LogP contribution in [0.3, 0.4) is 0 Å². The number of esters is 1. The first kappa shape index (κ1) is 26.6. The van der Waals surface area contributed by atoms with Gasteiger partial charge in [-0.1, -0.05) is 19.9 Å². The number of ketones is 1. The molecule has 34 heavy (non-hydrogen) atoms. The van der Waals surface area contributed by atoms with E-state index in [1.54, 1.807) is 42.5 Å². The predicted molar refractivity (Wildman–Crippen MR) is 132 cm³/mol. The van der Waals surface area contributed by atoms with E-state index in [2.05, 4.69) is 5.32 Å². The maximum atomic E-state index is 12.6. The van der Waals surface area contributed by atoms with E-state index < -0.39 is 12.1 Å². The number of Topliss-reactive ketones (excluding diaryl/α,β-unsaturated/α-hetero) is 1. The zero-order chi connectivity index (χ0) is 24.9. The zero-order valence-electron chi connectivity index (χ0n) is 20.3. The zero-order valence-corrected chi connectivity index (χ0v) is 20.3. The molecule has 0 aliphatic rings. The fraction of sp³-hybridized carbons (Fsp3) is 0.370. The molecule has 2 aromatic rings. The highest BCUT2D eigenvalue weighted by Gasteiger charge is 2.18. The van der Waals surface area contributed by atoms with Crippen molar-refractivity contribution in [3.8, 4) is 11.5 Å². The highest BCUT2D eigenvalue weighted by molar-refractivity contribution is 6.01. The van der Waals surface area contributed by atoms with E-state index in [1.165, 1.54) is 13.0 Å². The molecule has 0 saturated heterocycles. The number of anilines is 1. The molecule has 2 rings (SSSR count). The largest absolute Gasteiger partial charge is 0.490 e. The number of hydrogen-bond donors (Lipinski definition) is 1. The van der Waals surface area contributed by atoms with Gasteiger partial charge in [-0.2, -0.15) is 0 Å². The molecule has 182 valence electrons. The average molecular weight is 468 g/mol. The second-order valence-electron chi connectivity index (χ2n) is 7.64. The molecule has 0 fully saturated rings. The van der Waals surface area contributed by atoms with E-state index in [-0.39, 0.29) is 11.7 Å². The van der Waals surface area contributed by atoms with Gasteiger partial charge in [-0.25, -0.2) is 4.79 Å². The Bertz CT molecular complexity index is 997. The number of amides is 1. The molecule has 1 amide bonds. The first-order valence-corrected chi connectivity index (χ1v) is 11.6. The van der Waals surface area contributed by atoms with Gasteiger partial charge in [0.05, 0.1) is 13.2 Å². The lowest BCUT2D eigenvalue weighted by molar-refractivity contribution is -0.140.